The average Bonchev–Trinajstić information content (AvgIpc) is 2.42. The number of carbonyl (C=O) groups is 2. The molecule has 0 atom stereocenters. The van der Waals surface area contributed by atoms with Gasteiger partial charge in [-0.2, -0.15) is 0 Å². The zero-order valence-electron chi connectivity index (χ0n) is 11.3. The van der Waals surface area contributed by atoms with Crippen LogP contribution in [0.15, 0.2) is 12.1 Å². The Balaban J connectivity index is 2.17. The molecule has 1 aromatic carbocycles. The van der Waals surface area contributed by atoms with Crippen molar-refractivity contribution in [3.05, 3.63) is 22.2 Å². The molecular weight excluding hydrogens is 280 g/mol. The van der Waals surface area contributed by atoms with Gasteiger partial charge in [-0.3, -0.25) is 19.7 Å². The van der Waals surface area contributed by atoms with Crippen molar-refractivity contribution in [3.63, 3.8) is 0 Å². The van der Waals surface area contributed by atoms with Gasteiger partial charge in [-0.05, 0) is 6.07 Å². The molecule has 1 aliphatic heterocycles. The first-order valence-corrected chi connectivity index (χ1v) is 6.21. The van der Waals surface area contributed by atoms with Gasteiger partial charge >= 0.3 is 0 Å². The Morgan fingerprint density at radius 2 is 2.24 bits per heavy atom. The summed E-state index contributed by atoms with van der Waals surface area (Å²) in [7, 11) is 0. The van der Waals surface area contributed by atoms with Gasteiger partial charge in [0, 0.05) is 20.0 Å². The zero-order chi connectivity index (χ0) is 15.4. The number of amides is 2. The molecule has 0 aromatic heterocycles. The van der Waals surface area contributed by atoms with Crippen molar-refractivity contribution >= 4 is 28.9 Å². The molecule has 1 heterocycles. The molecule has 2 rings (SSSR count). The van der Waals surface area contributed by atoms with Gasteiger partial charge in [-0.15, -0.1) is 0 Å². The van der Waals surface area contributed by atoms with E-state index in [2.05, 4.69) is 16.0 Å². The summed E-state index contributed by atoms with van der Waals surface area (Å²) in [5.74, 6) is -0.244. The molecule has 0 aliphatic carbocycles. The Labute approximate surface area is 119 Å². The fourth-order valence-electron chi connectivity index (χ4n) is 1.84. The first-order valence-electron chi connectivity index (χ1n) is 6.21. The molecule has 0 spiro atoms. The minimum Gasteiger partial charge on any atom is -0.481 e. The maximum absolute atomic E-state index is 11.3. The van der Waals surface area contributed by atoms with Crippen LogP contribution in [0.5, 0.6) is 5.75 Å². The molecule has 3 N–H and O–H groups in total. The lowest BCUT2D eigenvalue weighted by molar-refractivity contribution is -0.384. The van der Waals surface area contributed by atoms with Gasteiger partial charge in [-0.1, -0.05) is 0 Å². The van der Waals surface area contributed by atoms with Crippen LogP contribution in [0.4, 0.5) is 17.1 Å². The second kappa shape index (κ2) is 6.07. The third-order valence-corrected chi connectivity index (χ3v) is 2.74. The number of nitro benzene ring substituents is 1. The highest BCUT2D eigenvalue weighted by Crippen LogP contribution is 2.37. The molecule has 0 saturated heterocycles. The number of ether oxygens (including phenoxy) is 1. The number of nitrogens with one attached hydrogen (secondary N) is 3. The SMILES string of the molecule is CC(=O)NCCNc1cc2c(cc1[N+](=O)[O-])OCC(=O)N2. The van der Waals surface area contributed by atoms with Gasteiger partial charge in [-0.25, -0.2) is 0 Å². The second-order valence-electron chi connectivity index (χ2n) is 4.37. The predicted octanol–water partition coefficient (Wildman–Crippen LogP) is 0.474. The molecule has 0 fully saturated rings. The van der Waals surface area contributed by atoms with Gasteiger partial charge in [0.25, 0.3) is 11.6 Å². The molecule has 0 unspecified atom stereocenters. The maximum Gasteiger partial charge on any atom is 0.296 e. The van der Waals surface area contributed by atoms with Crippen LogP contribution in [0.1, 0.15) is 6.92 Å². The molecule has 2 amide bonds. The molecule has 0 radical (unpaired) electrons. The van der Waals surface area contributed by atoms with Crippen molar-refractivity contribution in [1.82, 2.24) is 5.32 Å². The van der Waals surface area contributed by atoms with Crippen LogP contribution in [0, 0.1) is 10.1 Å². The monoisotopic (exact) mass is 294 g/mol. The standard InChI is InChI=1S/C12H14N4O5/c1-7(17)13-2-3-14-8-4-9-11(5-10(8)16(19)20)21-6-12(18)15-9/h4-5,14H,2-3,6H2,1H3,(H,13,17)(H,15,18). The Hall–Kier alpha value is -2.84. The number of anilines is 2. The highest BCUT2D eigenvalue weighted by Gasteiger charge is 2.23. The fraction of sp³-hybridized carbons (Fsp3) is 0.333. The molecular formula is C12H14N4O5. The zero-order valence-corrected chi connectivity index (χ0v) is 11.3. The van der Waals surface area contributed by atoms with Crippen LogP contribution in [0.25, 0.3) is 0 Å². The van der Waals surface area contributed by atoms with Crippen LogP contribution in [-0.4, -0.2) is 36.4 Å². The first-order chi connectivity index (χ1) is 9.97. The molecule has 0 bridgehead atoms. The number of carbonyl (C=O) groups excluding carboxylic acids is 2. The number of nitrogens with zero attached hydrogens (tertiary/aromatic N) is 1. The lowest BCUT2D eigenvalue weighted by atomic mass is 10.2. The van der Waals surface area contributed by atoms with Gasteiger partial charge < -0.3 is 20.7 Å². The minimum atomic E-state index is -0.541. The summed E-state index contributed by atoms with van der Waals surface area (Å²) in [6.07, 6.45) is 0. The van der Waals surface area contributed by atoms with Crippen LogP contribution < -0.4 is 20.7 Å². The Morgan fingerprint density at radius 3 is 2.90 bits per heavy atom. The van der Waals surface area contributed by atoms with E-state index in [-0.39, 0.29) is 35.5 Å². The molecule has 1 aliphatic rings. The topological polar surface area (TPSA) is 123 Å². The number of rotatable bonds is 5. The number of nitro groups is 1. The quantitative estimate of drug-likeness (QED) is 0.412. The summed E-state index contributed by atoms with van der Waals surface area (Å²) in [6.45, 7) is 1.86. The number of hydrogen-bond acceptors (Lipinski definition) is 6. The lowest BCUT2D eigenvalue weighted by Crippen LogP contribution is -2.27. The van der Waals surface area contributed by atoms with E-state index in [1.54, 1.807) is 0 Å². The highest BCUT2D eigenvalue weighted by atomic mass is 16.6. The van der Waals surface area contributed by atoms with E-state index in [0.29, 0.717) is 18.8 Å². The van der Waals surface area contributed by atoms with Gasteiger partial charge in [0.05, 0.1) is 16.7 Å². The summed E-state index contributed by atoms with van der Waals surface area (Å²) < 4.78 is 5.14. The fourth-order valence-corrected chi connectivity index (χ4v) is 1.84. The summed E-state index contributed by atoms with van der Waals surface area (Å²) in [6, 6.07) is 2.70. The smallest absolute Gasteiger partial charge is 0.296 e. The predicted molar refractivity (Wildman–Crippen MR) is 74.4 cm³/mol. The third kappa shape index (κ3) is 3.59. The Bertz CT molecular complexity index is 602. The van der Waals surface area contributed by atoms with Crippen LogP contribution in [0.2, 0.25) is 0 Å². The summed E-state index contributed by atoms with van der Waals surface area (Å²) in [5.41, 5.74) is 0.460. The van der Waals surface area contributed by atoms with E-state index in [0.717, 1.165) is 0 Å². The van der Waals surface area contributed by atoms with E-state index >= 15 is 0 Å². The third-order valence-electron chi connectivity index (χ3n) is 2.74. The van der Waals surface area contributed by atoms with Crippen LogP contribution in [-0.2, 0) is 9.59 Å². The van der Waals surface area contributed by atoms with E-state index in [9.17, 15) is 19.7 Å². The van der Waals surface area contributed by atoms with Crippen molar-refractivity contribution < 1.29 is 19.2 Å². The van der Waals surface area contributed by atoms with E-state index in [1.165, 1.54) is 19.1 Å². The van der Waals surface area contributed by atoms with Crippen LogP contribution >= 0.6 is 0 Å². The average molecular weight is 294 g/mol. The first kappa shape index (κ1) is 14.6. The van der Waals surface area contributed by atoms with Gasteiger partial charge in [0.1, 0.15) is 5.69 Å². The number of benzene rings is 1. The van der Waals surface area contributed by atoms with Crippen LogP contribution in [0.3, 0.4) is 0 Å². The Morgan fingerprint density at radius 1 is 1.48 bits per heavy atom. The molecule has 1 aromatic rings. The van der Waals surface area contributed by atoms with E-state index in [1.807, 2.05) is 0 Å². The Kier molecular flexibility index (Phi) is 4.21. The van der Waals surface area contributed by atoms with E-state index in [4.69, 9.17) is 4.74 Å². The lowest BCUT2D eigenvalue weighted by Gasteiger charge is -2.19. The summed E-state index contributed by atoms with van der Waals surface area (Å²) in [5, 5.41) is 19.1. The highest BCUT2D eigenvalue weighted by molar-refractivity contribution is 5.96. The van der Waals surface area contributed by atoms with E-state index < -0.39 is 4.92 Å². The van der Waals surface area contributed by atoms with Crippen molar-refractivity contribution in [1.29, 1.82) is 0 Å². The van der Waals surface area contributed by atoms with Crippen molar-refractivity contribution in [2.24, 2.45) is 0 Å². The van der Waals surface area contributed by atoms with Gasteiger partial charge in [0.2, 0.25) is 5.91 Å². The van der Waals surface area contributed by atoms with Crippen molar-refractivity contribution in [3.8, 4) is 5.75 Å². The molecule has 0 saturated carbocycles. The minimum absolute atomic E-state index is 0.160. The van der Waals surface area contributed by atoms with Crippen molar-refractivity contribution in [2.45, 2.75) is 6.92 Å². The second-order valence-corrected chi connectivity index (χ2v) is 4.37. The normalized spacial score (nSPS) is 12.7. The summed E-state index contributed by atoms with van der Waals surface area (Å²) >= 11 is 0. The molecule has 21 heavy (non-hydrogen) atoms. The maximum atomic E-state index is 11.3. The number of hydrogen-bond donors (Lipinski definition) is 3. The van der Waals surface area contributed by atoms with Gasteiger partial charge in [0.15, 0.2) is 12.4 Å². The molecule has 112 valence electrons. The van der Waals surface area contributed by atoms with Crippen molar-refractivity contribution in [2.75, 3.05) is 30.3 Å². The molecule has 9 heteroatoms. The number of fused-ring (bicyclic) bond motifs is 1. The largest absolute Gasteiger partial charge is 0.481 e. The molecule has 9 nitrogen and oxygen atoms in total. The summed E-state index contributed by atoms with van der Waals surface area (Å²) in [4.78, 5) is 32.5.